The highest BCUT2D eigenvalue weighted by Crippen LogP contribution is 2.23. The molecular weight excluding hydrogens is 410 g/mol. The Bertz CT molecular complexity index is 1180. The average Bonchev–Trinajstić information content (AvgIpc) is 3.11. The average molecular weight is 429 g/mol. The molecule has 0 aliphatic heterocycles. The molecule has 12 heteroatoms. The number of nitrogens with zero attached hydrogens (tertiary/aromatic N) is 1. The predicted octanol–water partition coefficient (Wildman–Crippen LogP) is 1.62. The van der Waals surface area contributed by atoms with Crippen LogP contribution in [0.2, 0.25) is 0 Å². The Kier molecular flexibility index (Phi) is 6.62. The van der Waals surface area contributed by atoms with Crippen molar-refractivity contribution in [3.05, 3.63) is 62.6 Å². The molecule has 0 radical (unpaired) electrons. The third-order valence-corrected chi connectivity index (χ3v) is 4.19. The number of hydrogen-bond donors (Lipinski definition) is 4. The molecular formula is C19H19N5O7. The molecule has 2 aromatic carbocycles. The number of nitrogens with one attached hydrogen (secondary N) is 4. The molecule has 0 spiro atoms. The molecule has 0 saturated heterocycles. The number of imidazole rings is 1. The number of nitro benzene ring substituents is 1. The maximum atomic E-state index is 12.5. The number of H-pyrrole nitrogens is 2. The Balaban J connectivity index is 1.66. The Morgan fingerprint density at radius 3 is 2.65 bits per heavy atom. The number of non-ortho nitro benzene ring substituents is 1. The number of fused-ring (bicyclic) bond motifs is 1. The van der Waals surface area contributed by atoms with Crippen molar-refractivity contribution in [1.82, 2.24) is 9.97 Å². The number of hydrogen-bond acceptors (Lipinski definition) is 8. The minimum atomic E-state index is -0.899. The van der Waals surface area contributed by atoms with Crippen molar-refractivity contribution in [2.75, 3.05) is 37.5 Å². The van der Waals surface area contributed by atoms with Crippen LogP contribution in [-0.2, 0) is 14.3 Å². The first-order chi connectivity index (χ1) is 14.9. The van der Waals surface area contributed by atoms with Crippen molar-refractivity contribution < 1.29 is 24.0 Å². The summed E-state index contributed by atoms with van der Waals surface area (Å²) in [5.74, 6) is -1.52. The van der Waals surface area contributed by atoms with E-state index in [0.29, 0.717) is 35.6 Å². The second-order valence-electron chi connectivity index (χ2n) is 6.37. The van der Waals surface area contributed by atoms with E-state index in [0.717, 1.165) is 6.07 Å². The van der Waals surface area contributed by atoms with Crippen LogP contribution in [0.25, 0.3) is 11.0 Å². The van der Waals surface area contributed by atoms with Gasteiger partial charge in [0.05, 0.1) is 28.1 Å². The van der Waals surface area contributed by atoms with Gasteiger partial charge in [-0.2, -0.15) is 0 Å². The number of carbonyl (C=O) groups excluding carboxylic acids is 2. The van der Waals surface area contributed by atoms with Gasteiger partial charge in [0, 0.05) is 37.2 Å². The molecule has 0 aliphatic carbocycles. The van der Waals surface area contributed by atoms with Crippen molar-refractivity contribution in [2.45, 2.75) is 0 Å². The van der Waals surface area contributed by atoms with Gasteiger partial charge in [-0.1, -0.05) is 0 Å². The zero-order valence-electron chi connectivity index (χ0n) is 16.4. The zero-order chi connectivity index (χ0) is 22.4. The molecule has 1 amide bonds. The Morgan fingerprint density at radius 1 is 1.13 bits per heavy atom. The van der Waals surface area contributed by atoms with E-state index in [4.69, 9.17) is 9.47 Å². The van der Waals surface area contributed by atoms with Gasteiger partial charge in [0.15, 0.2) is 6.61 Å². The van der Waals surface area contributed by atoms with Gasteiger partial charge in [-0.05, 0) is 24.3 Å². The third-order valence-electron chi connectivity index (χ3n) is 4.19. The molecule has 1 aromatic heterocycles. The van der Waals surface area contributed by atoms with Gasteiger partial charge >= 0.3 is 11.7 Å². The molecule has 0 saturated carbocycles. The molecule has 3 aromatic rings. The second-order valence-corrected chi connectivity index (χ2v) is 6.37. The van der Waals surface area contributed by atoms with Crippen LogP contribution < -0.4 is 16.3 Å². The highest BCUT2D eigenvalue weighted by molar-refractivity contribution is 5.99. The standard InChI is InChI=1S/C19H19N5O7/c1-30-7-6-20-14-5-3-12(24(28)29)9-13(14)18(26)31-10-17(25)21-11-2-4-15-16(8-11)23-19(27)22-15/h2-5,8-9,20H,6-7,10H2,1H3,(H,21,25)(H2,22,23,27). The number of methoxy groups -OCH3 is 1. The van der Waals surface area contributed by atoms with Gasteiger partial charge in [0.1, 0.15) is 0 Å². The summed E-state index contributed by atoms with van der Waals surface area (Å²) in [6.07, 6.45) is 0. The van der Waals surface area contributed by atoms with E-state index in [1.54, 1.807) is 18.2 Å². The number of aromatic nitrogens is 2. The maximum Gasteiger partial charge on any atom is 0.341 e. The van der Waals surface area contributed by atoms with Crippen LogP contribution in [0.1, 0.15) is 10.4 Å². The fourth-order valence-corrected chi connectivity index (χ4v) is 2.77. The Labute approximate surface area is 174 Å². The van der Waals surface area contributed by atoms with Gasteiger partial charge in [0.25, 0.3) is 11.6 Å². The summed E-state index contributed by atoms with van der Waals surface area (Å²) in [7, 11) is 1.51. The highest BCUT2D eigenvalue weighted by atomic mass is 16.6. The number of anilines is 2. The van der Waals surface area contributed by atoms with Crippen molar-refractivity contribution in [1.29, 1.82) is 0 Å². The van der Waals surface area contributed by atoms with Crippen LogP contribution in [0.5, 0.6) is 0 Å². The van der Waals surface area contributed by atoms with E-state index in [1.807, 2.05) is 0 Å². The number of nitro groups is 1. The third kappa shape index (κ3) is 5.45. The lowest BCUT2D eigenvalue weighted by Crippen LogP contribution is -2.21. The molecule has 1 heterocycles. The molecule has 31 heavy (non-hydrogen) atoms. The van der Waals surface area contributed by atoms with E-state index in [2.05, 4.69) is 20.6 Å². The summed E-state index contributed by atoms with van der Waals surface area (Å²) in [5, 5.41) is 16.5. The Morgan fingerprint density at radius 2 is 1.90 bits per heavy atom. The van der Waals surface area contributed by atoms with Gasteiger partial charge < -0.3 is 30.1 Å². The minimum absolute atomic E-state index is 0.0792. The lowest BCUT2D eigenvalue weighted by atomic mass is 10.1. The molecule has 12 nitrogen and oxygen atoms in total. The number of amides is 1. The van der Waals surface area contributed by atoms with Crippen molar-refractivity contribution >= 4 is 40.0 Å². The first-order valence-electron chi connectivity index (χ1n) is 9.07. The Hall–Kier alpha value is -4.19. The first kappa shape index (κ1) is 21.5. The molecule has 0 unspecified atom stereocenters. The molecule has 0 fully saturated rings. The van der Waals surface area contributed by atoms with E-state index < -0.39 is 23.4 Å². The molecule has 162 valence electrons. The van der Waals surface area contributed by atoms with E-state index >= 15 is 0 Å². The van der Waals surface area contributed by atoms with E-state index in [-0.39, 0.29) is 16.9 Å². The maximum absolute atomic E-state index is 12.5. The van der Waals surface area contributed by atoms with Crippen LogP contribution in [-0.4, -0.2) is 53.6 Å². The summed E-state index contributed by atoms with van der Waals surface area (Å²) in [5.41, 5.74) is 1.04. The van der Waals surface area contributed by atoms with Crippen LogP contribution in [0, 0.1) is 10.1 Å². The highest BCUT2D eigenvalue weighted by Gasteiger charge is 2.19. The van der Waals surface area contributed by atoms with Crippen LogP contribution in [0.3, 0.4) is 0 Å². The number of carbonyl (C=O) groups is 2. The molecule has 4 N–H and O–H groups in total. The lowest BCUT2D eigenvalue weighted by molar-refractivity contribution is -0.384. The van der Waals surface area contributed by atoms with Crippen LogP contribution in [0.15, 0.2) is 41.2 Å². The van der Waals surface area contributed by atoms with Crippen LogP contribution >= 0.6 is 0 Å². The van der Waals surface area contributed by atoms with Gasteiger partial charge in [-0.3, -0.25) is 14.9 Å². The van der Waals surface area contributed by atoms with Gasteiger partial charge in [-0.15, -0.1) is 0 Å². The number of rotatable bonds is 9. The second kappa shape index (κ2) is 9.54. The number of ether oxygens (including phenoxy) is 2. The first-order valence-corrected chi connectivity index (χ1v) is 9.07. The van der Waals surface area contributed by atoms with Crippen molar-refractivity contribution in [3.8, 4) is 0 Å². The summed E-state index contributed by atoms with van der Waals surface area (Å²) < 4.78 is 9.95. The smallest absolute Gasteiger partial charge is 0.341 e. The summed E-state index contributed by atoms with van der Waals surface area (Å²) in [4.78, 5) is 51.5. The van der Waals surface area contributed by atoms with Crippen molar-refractivity contribution in [2.24, 2.45) is 0 Å². The number of esters is 1. The van der Waals surface area contributed by atoms with Gasteiger partial charge in [0.2, 0.25) is 0 Å². The normalized spacial score (nSPS) is 10.6. The molecule has 0 aliphatic rings. The lowest BCUT2D eigenvalue weighted by Gasteiger charge is -2.12. The number of benzene rings is 2. The van der Waals surface area contributed by atoms with E-state index in [1.165, 1.54) is 19.2 Å². The molecule has 3 rings (SSSR count). The van der Waals surface area contributed by atoms with E-state index in [9.17, 15) is 24.5 Å². The van der Waals surface area contributed by atoms with Gasteiger partial charge in [-0.25, -0.2) is 9.59 Å². The summed E-state index contributed by atoms with van der Waals surface area (Å²) in [6.45, 7) is 0.101. The topological polar surface area (TPSA) is 168 Å². The molecule has 0 bridgehead atoms. The van der Waals surface area contributed by atoms with Crippen LogP contribution in [0.4, 0.5) is 17.1 Å². The largest absolute Gasteiger partial charge is 0.452 e. The monoisotopic (exact) mass is 429 g/mol. The quantitative estimate of drug-likeness (QED) is 0.172. The zero-order valence-corrected chi connectivity index (χ0v) is 16.4. The fourth-order valence-electron chi connectivity index (χ4n) is 2.77. The predicted molar refractivity (Wildman–Crippen MR) is 111 cm³/mol. The minimum Gasteiger partial charge on any atom is -0.452 e. The summed E-state index contributed by atoms with van der Waals surface area (Å²) >= 11 is 0. The SMILES string of the molecule is COCCNc1ccc([N+](=O)[O-])cc1C(=O)OCC(=O)Nc1ccc2[nH]c(=O)[nH]c2c1. The fraction of sp³-hybridized carbons (Fsp3) is 0.211. The van der Waals surface area contributed by atoms with Crippen molar-refractivity contribution in [3.63, 3.8) is 0 Å². The summed E-state index contributed by atoms with van der Waals surface area (Å²) in [6, 6.07) is 8.44. The number of aromatic amines is 2. The molecule has 0 atom stereocenters.